The van der Waals surface area contributed by atoms with Crippen molar-refractivity contribution in [1.29, 1.82) is 0 Å². The molecule has 0 spiro atoms. The fourth-order valence-corrected chi connectivity index (χ4v) is 3.98. The van der Waals surface area contributed by atoms with Crippen LogP contribution in [0.4, 0.5) is 5.95 Å². The molecule has 1 aromatic heterocycles. The fraction of sp³-hybridized carbons (Fsp3) is 0.524. The van der Waals surface area contributed by atoms with E-state index >= 15 is 0 Å². The van der Waals surface area contributed by atoms with Crippen LogP contribution in [0.2, 0.25) is 0 Å². The maximum atomic E-state index is 12.5. The van der Waals surface area contributed by atoms with E-state index in [0.717, 1.165) is 44.0 Å². The summed E-state index contributed by atoms with van der Waals surface area (Å²) >= 11 is 0. The molecule has 8 nitrogen and oxygen atoms in total. The molecule has 2 aliphatic rings. The average Bonchev–Trinajstić information content (AvgIpc) is 3.14. The topological polar surface area (TPSA) is 107 Å². The van der Waals surface area contributed by atoms with Crippen molar-refractivity contribution in [2.45, 2.75) is 50.7 Å². The summed E-state index contributed by atoms with van der Waals surface area (Å²) in [5.74, 6) is 0.533. The number of anilines is 1. The number of amides is 2. The minimum Gasteiger partial charge on any atom is -0.393 e. The van der Waals surface area contributed by atoms with Gasteiger partial charge in [-0.15, -0.1) is 0 Å². The van der Waals surface area contributed by atoms with Crippen LogP contribution in [0.25, 0.3) is 10.9 Å². The molecule has 0 bridgehead atoms. The van der Waals surface area contributed by atoms with Crippen molar-refractivity contribution >= 4 is 28.7 Å². The molecule has 0 radical (unpaired) electrons. The Bertz CT molecular complexity index is 895. The molecule has 2 heterocycles. The third kappa shape index (κ3) is 4.82. The molecule has 3 N–H and O–H groups in total. The predicted octanol–water partition coefficient (Wildman–Crippen LogP) is 1.70. The van der Waals surface area contributed by atoms with Crippen LogP contribution < -0.4 is 10.6 Å². The Kier molecular flexibility index (Phi) is 5.89. The number of nitrogens with one attached hydrogen (secondary N) is 2. The standard InChI is InChI=1S/C21H27N5O3/c27-17-7-5-16(6-8-17)24-21-23-13-15-4-3-14(12-18(15)25-21)20(29)22-9-11-26-10-1-2-19(26)28/h3-4,12-13,16-17,27H,1-2,5-11H2,(H,22,29)(H,23,24,25)/t16-,17-. The van der Waals surface area contributed by atoms with Gasteiger partial charge in [0.1, 0.15) is 0 Å². The predicted molar refractivity (Wildman–Crippen MR) is 110 cm³/mol. The van der Waals surface area contributed by atoms with Crippen LogP contribution in [-0.4, -0.2) is 63.6 Å². The van der Waals surface area contributed by atoms with Crippen molar-refractivity contribution < 1.29 is 14.7 Å². The summed E-state index contributed by atoms with van der Waals surface area (Å²) in [6, 6.07) is 5.63. The van der Waals surface area contributed by atoms with Crippen LogP contribution in [0.1, 0.15) is 48.9 Å². The lowest BCUT2D eigenvalue weighted by Gasteiger charge is -2.26. The first-order chi connectivity index (χ1) is 14.1. The van der Waals surface area contributed by atoms with E-state index in [2.05, 4.69) is 20.6 Å². The number of fused-ring (bicyclic) bond motifs is 1. The van der Waals surface area contributed by atoms with Crippen molar-refractivity contribution in [1.82, 2.24) is 20.2 Å². The van der Waals surface area contributed by atoms with Crippen molar-refractivity contribution in [3.8, 4) is 0 Å². The Morgan fingerprint density at radius 2 is 2.07 bits per heavy atom. The van der Waals surface area contributed by atoms with Crippen LogP contribution in [-0.2, 0) is 4.79 Å². The highest BCUT2D eigenvalue weighted by Gasteiger charge is 2.21. The second-order valence-electron chi connectivity index (χ2n) is 7.86. The first-order valence-electron chi connectivity index (χ1n) is 10.4. The van der Waals surface area contributed by atoms with Crippen molar-refractivity contribution in [3.63, 3.8) is 0 Å². The second kappa shape index (κ2) is 8.73. The number of hydrogen-bond acceptors (Lipinski definition) is 6. The lowest BCUT2D eigenvalue weighted by Crippen LogP contribution is -2.35. The number of carbonyl (C=O) groups excluding carboxylic acids is 2. The summed E-state index contributed by atoms with van der Waals surface area (Å²) in [5.41, 5.74) is 1.25. The SMILES string of the molecule is O=C(NCCN1CCCC1=O)c1ccc2cnc(N[C@H]3CC[C@H](O)CC3)nc2c1. The van der Waals surface area contributed by atoms with Gasteiger partial charge < -0.3 is 20.6 Å². The maximum absolute atomic E-state index is 12.5. The molecule has 1 aliphatic carbocycles. The minimum absolute atomic E-state index is 0.161. The molecule has 0 unspecified atom stereocenters. The number of carbonyl (C=O) groups is 2. The number of hydrogen-bond donors (Lipinski definition) is 3. The summed E-state index contributed by atoms with van der Waals surface area (Å²) in [5, 5.41) is 16.7. The maximum Gasteiger partial charge on any atom is 0.251 e. The van der Waals surface area contributed by atoms with E-state index in [1.807, 2.05) is 6.07 Å². The summed E-state index contributed by atoms with van der Waals surface area (Å²) in [6.45, 7) is 1.76. The number of aliphatic hydroxyl groups is 1. The van der Waals surface area contributed by atoms with Gasteiger partial charge in [-0.1, -0.05) is 6.07 Å². The summed E-state index contributed by atoms with van der Waals surface area (Å²) < 4.78 is 0. The molecule has 1 saturated heterocycles. The summed E-state index contributed by atoms with van der Waals surface area (Å²) in [7, 11) is 0. The Balaban J connectivity index is 1.38. The summed E-state index contributed by atoms with van der Waals surface area (Å²) in [4.78, 5) is 34.8. The number of nitrogens with zero attached hydrogens (tertiary/aromatic N) is 3. The third-order valence-electron chi connectivity index (χ3n) is 5.71. The highest BCUT2D eigenvalue weighted by atomic mass is 16.3. The first kappa shape index (κ1) is 19.6. The van der Waals surface area contributed by atoms with Crippen LogP contribution >= 0.6 is 0 Å². The zero-order chi connectivity index (χ0) is 20.2. The number of aromatic nitrogens is 2. The van der Waals surface area contributed by atoms with Gasteiger partial charge in [-0.2, -0.15) is 0 Å². The van der Waals surface area contributed by atoms with Crippen LogP contribution in [0.3, 0.4) is 0 Å². The largest absolute Gasteiger partial charge is 0.393 e. The van der Waals surface area contributed by atoms with Crippen LogP contribution in [0, 0.1) is 0 Å². The molecular formula is C21H27N5O3. The Morgan fingerprint density at radius 3 is 2.83 bits per heavy atom. The molecule has 8 heteroatoms. The van der Waals surface area contributed by atoms with Crippen molar-refractivity contribution in [3.05, 3.63) is 30.0 Å². The van der Waals surface area contributed by atoms with Crippen molar-refractivity contribution in [2.75, 3.05) is 25.0 Å². The molecule has 2 fully saturated rings. The van der Waals surface area contributed by atoms with E-state index in [1.54, 1.807) is 23.2 Å². The Labute approximate surface area is 169 Å². The van der Waals surface area contributed by atoms with Gasteiger partial charge in [-0.05, 0) is 44.2 Å². The van der Waals surface area contributed by atoms with Crippen LogP contribution in [0.5, 0.6) is 0 Å². The Hall–Kier alpha value is -2.74. The fourth-order valence-electron chi connectivity index (χ4n) is 3.98. The van der Waals surface area contributed by atoms with Gasteiger partial charge in [0.25, 0.3) is 5.91 Å². The molecule has 0 atom stereocenters. The van der Waals surface area contributed by atoms with Gasteiger partial charge in [0.2, 0.25) is 11.9 Å². The van der Waals surface area contributed by atoms with Crippen LogP contribution in [0.15, 0.2) is 24.4 Å². The molecule has 1 aliphatic heterocycles. The molecular weight excluding hydrogens is 370 g/mol. The second-order valence-corrected chi connectivity index (χ2v) is 7.86. The molecule has 4 rings (SSSR count). The number of rotatable bonds is 6. The Morgan fingerprint density at radius 1 is 1.24 bits per heavy atom. The van der Waals surface area contributed by atoms with Gasteiger partial charge in [0, 0.05) is 49.2 Å². The highest BCUT2D eigenvalue weighted by molar-refractivity contribution is 5.97. The van der Waals surface area contributed by atoms with E-state index in [0.29, 0.717) is 36.5 Å². The zero-order valence-electron chi connectivity index (χ0n) is 16.4. The molecule has 2 amide bonds. The summed E-state index contributed by atoms with van der Waals surface area (Å²) in [6.07, 6.45) is 6.43. The van der Waals surface area contributed by atoms with Gasteiger partial charge in [0.05, 0.1) is 11.6 Å². The van der Waals surface area contributed by atoms with E-state index in [-0.39, 0.29) is 24.0 Å². The molecule has 1 saturated carbocycles. The number of benzene rings is 1. The van der Waals surface area contributed by atoms with Gasteiger partial charge in [-0.25, -0.2) is 9.97 Å². The third-order valence-corrected chi connectivity index (χ3v) is 5.71. The van der Waals surface area contributed by atoms with Gasteiger partial charge >= 0.3 is 0 Å². The van der Waals surface area contributed by atoms with E-state index in [9.17, 15) is 14.7 Å². The normalized spacial score (nSPS) is 22.1. The van der Waals surface area contributed by atoms with Crippen molar-refractivity contribution in [2.24, 2.45) is 0 Å². The molecule has 154 valence electrons. The van der Waals surface area contributed by atoms with Gasteiger partial charge in [-0.3, -0.25) is 9.59 Å². The zero-order valence-corrected chi connectivity index (χ0v) is 16.4. The first-order valence-corrected chi connectivity index (χ1v) is 10.4. The number of likely N-dealkylation sites (tertiary alicyclic amines) is 1. The monoisotopic (exact) mass is 397 g/mol. The smallest absolute Gasteiger partial charge is 0.251 e. The van der Waals surface area contributed by atoms with E-state index in [1.165, 1.54) is 0 Å². The molecule has 1 aromatic carbocycles. The lowest BCUT2D eigenvalue weighted by molar-refractivity contribution is -0.127. The average molecular weight is 397 g/mol. The van der Waals surface area contributed by atoms with E-state index < -0.39 is 0 Å². The van der Waals surface area contributed by atoms with E-state index in [4.69, 9.17) is 0 Å². The lowest BCUT2D eigenvalue weighted by atomic mass is 9.93. The molecule has 29 heavy (non-hydrogen) atoms. The quantitative estimate of drug-likeness (QED) is 0.685. The molecule has 2 aromatic rings. The highest BCUT2D eigenvalue weighted by Crippen LogP contribution is 2.22. The minimum atomic E-state index is -0.199. The number of aliphatic hydroxyl groups excluding tert-OH is 1. The van der Waals surface area contributed by atoms with Gasteiger partial charge in [0.15, 0.2) is 0 Å².